The number of halogens is 3. The molecule has 10 heteroatoms. The number of amides is 1. The lowest BCUT2D eigenvalue weighted by atomic mass is 9.94. The van der Waals surface area contributed by atoms with Crippen molar-refractivity contribution in [3.05, 3.63) is 47.4 Å². The van der Waals surface area contributed by atoms with Crippen molar-refractivity contribution >= 4 is 28.2 Å². The molecule has 0 aliphatic carbocycles. The van der Waals surface area contributed by atoms with E-state index in [1.807, 2.05) is 0 Å². The van der Waals surface area contributed by atoms with Crippen molar-refractivity contribution < 1.29 is 18.0 Å². The number of likely N-dealkylation sites (tertiary alicyclic amines) is 1. The predicted molar refractivity (Wildman–Crippen MR) is 95.0 cm³/mol. The second kappa shape index (κ2) is 5.85. The number of aromatic nitrogens is 4. The molecular formula is C18H15F3N6O. The molecule has 1 saturated heterocycles. The molecule has 2 aliphatic rings. The maximum absolute atomic E-state index is 13.4. The minimum atomic E-state index is -4.58. The number of rotatable bonds is 2. The molecule has 28 heavy (non-hydrogen) atoms. The normalized spacial score (nSPS) is 19.7. The van der Waals surface area contributed by atoms with Crippen molar-refractivity contribution in [3.63, 3.8) is 0 Å². The van der Waals surface area contributed by atoms with Gasteiger partial charge in [0.05, 0.1) is 23.5 Å². The smallest absolute Gasteiger partial charge is 0.374 e. The number of anilines is 1. The summed E-state index contributed by atoms with van der Waals surface area (Å²) >= 11 is 0. The molecule has 144 valence electrons. The molecule has 7 nitrogen and oxygen atoms in total. The van der Waals surface area contributed by atoms with Gasteiger partial charge in [-0.25, -0.2) is 0 Å². The van der Waals surface area contributed by atoms with Gasteiger partial charge in [0.1, 0.15) is 0 Å². The highest BCUT2D eigenvalue weighted by atomic mass is 19.4. The highest BCUT2D eigenvalue weighted by Gasteiger charge is 2.40. The molecule has 2 aliphatic heterocycles. The lowest BCUT2D eigenvalue weighted by Crippen LogP contribution is -2.28. The van der Waals surface area contributed by atoms with E-state index in [0.717, 1.165) is 16.5 Å². The fraction of sp³-hybridized carbons (Fsp3) is 0.278. The number of hydrogen-bond donors (Lipinski definition) is 3. The Morgan fingerprint density at radius 3 is 2.86 bits per heavy atom. The van der Waals surface area contributed by atoms with E-state index in [4.69, 9.17) is 0 Å². The van der Waals surface area contributed by atoms with Gasteiger partial charge in [-0.3, -0.25) is 15.0 Å². The molecule has 3 aromatic rings. The van der Waals surface area contributed by atoms with Crippen LogP contribution in [0.5, 0.6) is 0 Å². The SMILES string of the molecule is O=C1CCCN1C1=CC(c2c[nH]nc2C(F)(F)F)Nc2ccc3[nH]ncc3c21. The van der Waals surface area contributed by atoms with Crippen LogP contribution in [0.2, 0.25) is 0 Å². The maximum atomic E-state index is 13.4. The van der Waals surface area contributed by atoms with E-state index in [1.54, 1.807) is 29.3 Å². The second-order valence-corrected chi connectivity index (χ2v) is 6.83. The van der Waals surface area contributed by atoms with Gasteiger partial charge in [0, 0.05) is 41.4 Å². The van der Waals surface area contributed by atoms with Crippen LogP contribution in [0.15, 0.2) is 30.6 Å². The molecule has 1 fully saturated rings. The van der Waals surface area contributed by atoms with E-state index in [-0.39, 0.29) is 11.5 Å². The van der Waals surface area contributed by atoms with E-state index in [2.05, 4.69) is 25.7 Å². The van der Waals surface area contributed by atoms with Crippen LogP contribution in [-0.4, -0.2) is 37.7 Å². The summed E-state index contributed by atoms with van der Waals surface area (Å²) in [5, 5.41) is 16.6. The van der Waals surface area contributed by atoms with E-state index in [1.165, 1.54) is 6.20 Å². The number of carbonyl (C=O) groups excluding carboxylic acids is 1. The van der Waals surface area contributed by atoms with Gasteiger partial charge >= 0.3 is 6.18 Å². The summed E-state index contributed by atoms with van der Waals surface area (Å²) in [6.45, 7) is 0.530. The molecule has 4 heterocycles. The first-order valence-electron chi connectivity index (χ1n) is 8.79. The van der Waals surface area contributed by atoms with Gasteiger partial charge in [-0.15, -0.1) is 0 Å². The molecule has 1 unspecified atom stereocenters. The fourth-order valence-electron chi connectivity index (χ4n) is 3.92. The van der Waals surface area contributed by atoms with Crippen molar-refractivity contribution in [2.24, 2.45) is 0 Å². The van der Waals surface area contributed by atoms with E-state index in [0.29, 0.717) is 30.8 Å². The quantitative estimate of drug-likeness (QED) is 0.627. The van der Waals surface area contributed by atoms with Crippen LogP contribution in [0.4, 0.5) is 18.9 Å². The summed E-state index contributed by atoms with van der Waals surface area (Å²) in [6.07, 6.45) is 1.11. The Hall–Kier alpha value is -3.30. The van der Waals surface area contributed by atoms with Gasteiger partial charge < -0.3 is 10.2 Å². The highest BCUT2D eigenvalue weighted by molar-refractivity contribution is 6.02. The Balaban J connectivity index is 1.70. The number of benzene rings is 1. The van der Waals surface area contributed by atoms with E-state index < -0.39 is 17.9 Å². The lowest BCUT2D eigenvalue weighted by Gasteiger charge is -2.31. The van der Waals surface area contributed by atoms with Crippen molar-refractivity contribution in [2.75, 3.05) is 11.9 Å². The first kappa shape index (κ1) is 16.8. The van der Waals surface area contributed by atoms with Crippen LogP contribution in [0.25, 0.3) is 16.6 Å². The number of carbonyl (C=O) groups is 1. The van der Waals surface area contributed by atoms with Crippen LogP contribution >= 0.6 is 0 Å². The average Bonchev–Trinajstić information content (AvgIpc) is 3.39. The van der Waals surface area contributed by atoms with E-state index >= 15 is 0 Å². The number of nitrogens with zero attached hydrogens (tertiary/aromatic N) is 3. The van der Waals surface area contributed by atoms with Gasteiger partial charge in [-0.05, 0) is 24.6 Å². The number of nitrogens with one attached hydrogen (secondary N) is 3. The minimum Gasteiger partial charge on any atom is -0.374 e. The Bertz CT molecular complexity index is 1110. The molecule has 0 saturated carbocycles. The van der Waals surface area contributed by atoms with Crippen LogP contribution in [0, 0.1) is 0 Å². The minimum absolute atomic E-state index is 0.0189. The first-order chi connectivity index (χ1) is 13.4. The third-order valence-electron chi connectivity index (χ3n) is 5.15. The zero-order chi connectivity index (χ0) is 19.5. The third kappa shape index (κ3) is 2.48. The highest BCUT2D eigenvalue weighted by Crippen LogP contribution is 2.43. The molecule has 0 radical (unpaired) electrons. The summed E-state index contributed by atoms with van der Waals surface area (Å²) in [5.41, 5.74) is 1.80. The second-order valence-electron chi connectivity index (χ2n) is 6.83. The van der Waals surface area contributed by atoms with Crippen molar-refractivity contribution in [1.82, 2.24) is 25.3 Å². The Morgan fingerprint density at radius 1 is 1.25 bits per heavy atom. The van der Waals surface area contributed by atoms with E-state index in [9.17, 15) is 18.0 Å². The molecule has 5 rings (SSSR count). The standard InChI is InChI=1S/C18H15F3N6O/c19-18(20,21)17-10(8-23-26-17)13-6-14(27-5-1-2-15(27)28)16-9-7-22-25-11(9)3-4-12(16)24-13/h3-4,6-8,13,24H,1-2,5H2,(H,22,25)(H,23,26). The van der Waals surface area contributed by atoms with Crippen LogP contribution in [-0.2, 0) is 11.0 Å². The molecule has 3 N–H and O–H groups in total. The molecular weight excluding hydrogens is 373 g/mol. The topological polar surface area (TPSA) is 89.7 Å². The van der Waals surface area contributed by atoms with Gasteiger partial charge in [0.2, 0.25) is 5.91 Å². The zero-order valence-electron chi connectivity index (χ0n) is 14.5. The Morgan fingerprint density at radius 2 is 2.11 bits per heavy atom. The molecule has 0 spiro atoms. The van der Waals surface area contributed by atoms with Crippen molar-refractivity contribution in [3.8, 4) is 0 Å². The third-order valence-corrected chi connectivity index (χ3v) is 5.15. The number of fused-ring (bicyclic) bond motifs is 3. The number of H-pyrrole nitrogens is 2. The van der Waals surface area contributed by atoms with Crippen molar-refractivity contribution in [2.45, 2.75) is 25.1 Å². The van der Waals surface area contributed by atoms with Gasteiger partial charge in [-0.2, -0.15) is 23.4 Å². The van der Waals surface area contributed by atoms with Crippen LogP contribution < -0.4 is 5.32 Å². The maximum Gasteiger partial charge on any atom is 0.435 e. The van der Waals surface area contributed by atoms with Gasteiger partial charge in [-0.1, -0.05) is 0 Å². The van der Waals surface area contributed by atoms with Crippen LogP contribution in [0.1, 0.15) is 35.7 Å². The summed E-state index contributed by atoms with van der Waals surface area (Å²) in [4.78, 5) is 14.1. The zero-order valence-corrected chi connectivity index (χ0v) is 14.5. The number of alkyl halides is 3. The molecule has 2 aromatic heterocycles. The lowest BCUT2D eigenvalue weighted by molar-refractivity contribution is -0.141. The molecule has 1 atom stereocenters. The summed E-state index contributed by atoms with van der Waals surface area (Å²) < 4.78 is 40.1. The number of hydrogen-bond acceptors (Lipinski definition) is 4. The Labute approximate surface area is 156 Å². The summed E-state index contributed by atoms with van der Waals surface area (Å²) in [6, 6.07) is 2.81. The molecule has 1 aromatic carbocycles. The number of aromatic amines is 2. The average molecular weight is 388 g/mol. The van der Waals surface area contributed by atoms with Crippen molar-refractivity contribution in [1.29, 1.82) is 0 Å². The summed E-state index contributed by atoms with van der Waals surface area (Å²) in [7, 11) is 0. The Kier molecular flexibility index (Phi) is 3.52. The largest absolute Gasteiger partial charge is 0.435 e. The monoisotopic (exact) mass is 388 g/mol. The fourth-order valence-corrected chi connectivity index (χ4v) is 3.92. The van der Waals surface area contributed by atoms with Gasteiger partial charge in [0.25, 0.3) is 0 Å². The predicted octanol–water partition coefficient (Wildman–Crippen LogP) is 3.43. The van der Waals surface area contributed by atoms with Crippen LogP contribution in [0.3, 0.4) is 0 Å². The molecule has 1 amide bonds. The molecule has 0 bridgehead atoms. The summed E-state index contributed by atoms with van der Waals surface area (Å²) in [5.74, 6) is -0.0402. The first-order valence-corrected chi connectivity index (χ1v) is 8.79. The van der Waals surface area contributed by atoms with Gasteiger partial charge in [0.15, 0.2) is 5.69 Å².